The average Bonchev–Trinajstić information content (AvgIpc) is 3.14. The Morgan fingerprint density at radius 2 is 2.04 bits per heavy atom. The van der Waals surface area contributed by atoms with Gasteiger partial charge in [0, 0.05) is 12.1 Å². The maximum Gasteiger partial charge on any atom is 0.573 e. The van der Waals surface area contributed by atoms with Crippen LogP contribution in [-0.4, -0.2) is 39.4 Å². The van der Waals surface area contributed by atoms with Gasteiger partial charge in [0.25, 0.3) is 0 Å². The summed E-state index contributed by atoms with van der Waals surface area (Å²) in [5, 5.41) is 6.94. The van der Waals surface area contributed by atoms with E-state index in [1.54, 1.807) is 4.90 Å². The Hall–Kier alpha value is -2.58. The van der Waals surface area contributed by atoms with E-state index >= 15 is 0 Å². The van der Waals surface area contributed by atoms with Gasteiger partial charge in [-0.25, -0.2) is 4.98 Å². The lowest BCUT2D eigenvalue weighted by Gasteiger charge is -2.29. The van der Waals surface area contributed by atoms with Gasteiger partial charge in [-0.15, -0.1) is 13.2 Å². The largest absolute Gasteiger partial charge is 0.573 e. The smallest absolute Gasteiger partial charge is 0.406 e. The molecule has 0 spiro atoms. The summed E-state index contributed by atoms with van der Waals surface area (Å²) in [6, 6.07) is 5.30. The second kappa shape index (κ2) is 5.81. The number of amides is 1. The molecular formula is C15H15F3N4O2. The number of nitrogens with zero attached hydrogens (tertiary/aromatic N) is 3. The molecule has 0 bridgehead atoms. The van der Waals surface area contributed by atoms with Crippen LogP contribution in [0.5, 0.6) is 5.75 Å². The van der Waals surface area contributed by atoms with Gasteiger partial charge >= 0.3 is 6.36 Å². The number of carbonyl (C=O) groups is 1. The van der Waals surface area contributed by atoms with E-state index in [4.69, 9.17) is 0 Å². The first-order valence-electron chi connectivity index (χ1n) is 7.33. The van der Waals surface area contributed by atoms with E-state index in [1.165, 1.54) is 24.3 Å². The number of likely N-dealkylation sites (tertiary alicyclic amines) is 1. The van der Waals surface area contributed by atoms with Crippen molar-refractivity contribution in [1.82, 2.24) is 20.1 Å². The first-order chi connectivity index (χ1) is 11.3. The third-order valence-electron chi connectivity index (χ3n) is 4.17. The lowest BCUT2D eigenvalue weighted by atomic mass is 9.98. The molecule has 128 valence electrons. The summed E-state index contributed by atoms with van der Waals surface area (Å²) in [7, 11) is 0. The average molecular weight is 340 g/mol. The van der Waals surface area contributed by atoms with Crippen LogP contribution in [0.15, 0.2) is 24.3 Å². The third-order valence-corrected chi connectivity index (χ3v) is 4.17. The Balaban J connectivity index is 1.82. The van der Waals surface area contributed by atoms with Crippen molar-refractivity contribution >= 4 is 6.41 Å². The Labute approximate surface area is 135 Å². The van der Waals surface area contributed by atoms with E-state index in [1.807, 2.05) is 6.92 Å². The molecular weight excluding hydrogens is 325 g/mol. The summed E-state index contributed by atoms with van der Waals surface area (Å²) in [4.78, 5) is 17.3. The van der Waals surface area contributed by atoms with Crippen LogP contribution in [-0.2, 0) is 10.3 Å². The number of nitrogens with one attached hydrogen (secondary N) is 1. The summed E-state index contributed by atoms with van der Waals surface area (Å²) in [5.74, 6) is 0.595. The molecule has 2 heterocycles. The van der Waals surface area contributed by atoms with Crippen molar-refractivity contribution in [3.8, 4) is 17.1 Å². The minimum absolute atomic E-state index is 0.308. The second-order valence-corrected chi connectivity index (χ2v) is 5.76. The summed E-state index contributed by atoms with van der Waals surface area (Å²) in [5.41, 5.74) is -0.00179. The quantitative estimate of drug-likeness (QED) is 0.869. The molecule has 1 aromatic carbocycles. The molecule has 3 rings (SSSR count). The van der Waals surface area contributed by atoms with Crippen LogP contribution in [0, 0.1) is 0 Å². The highest BCUT2D eigenvalue weighted by Gasteiger charge is 2.40. The maximum absolute atomic E-state index is 12.2. The number of aromatic amines is 1. The Morgan fingerprint density at radius 3 is 2.67 bits per heavy atom. The summed E-state index contributed by atoms with van der Waals surface area (Å²) in [6.07, 6.45) is -2.30. The first kappa shape index (κ1) is 16.3. The number of H-pyrrole nitrogens is 1. The number of aromatic nitrogens is 3. The van der Waals surface area contributed by atoms with Crippen LogP contribution >= 0.6 is 0 Å². The zero-order valence-corrected chi connectivity index (χ0v) is 12.8. The Bertz CT molecular complexity index is 729. The molecule has 1 N–H and O–H groups in total. The molecule has 9 heteroatoms. The van der Waals surface area contributed by atoms with Crippen LogP contribution in [0.4, 0.5) is 13.2 Å². The number of ether oxygens (including phenoxy) is 1. The molecule has 0 radical (unpaired) electrons. The topological polar surface area (TPSA) is 71.1 Å². The van der Waals surface area contributed by atoms with Crippen molar-refractivity contribution in [3.63, 3.8) is 0 Å². The molecule has 1 saturated heterocycles. The van der Waals surface area contributed by atoms with Crippen molar-refractivity contribution in [2.75, 3.05) is 6.54 Å². The highest BCUT2D eigenvalue weighted by Crippen LogP contribution is 2.36. The molecule has 24 heavy (non-hydrogen) atoms. The van der Waals surface area contributed by atoms with Gasteiger partial charge in [0.15, 0.2) is 11.6 Å². The predicted octanol–water partition coefficient (Wildman–Crippen LogP) is 2.84. The Kier molecular flexibility index (Phi) is 3.94. The summed E-state index contributed by atoms with van der Waals surface area (Å²) >= 11 is 0. The number of hydrogen-bond acceptors (Lipinski definition) is 4. The van der Waals surface area contributed by atoms with Gasteiger partial charge in [0.2, 0.25) is 6.41 Å². The lowest BCUT2D eigenvalue weighted by molar-refractivity contribution is -0.274. The monoisotopic (exact) mass is 340 g/mol. The highest BCUT2D eigenvalue weighted by molar-refractivity contribution is 5.56. The molecule has 1 aliphatic rings. The van der Waals surface area contributed by atoms with E-state index in [9.17, 15) is 18.0 Å². The van der Waals surface area contributed by atoms with Crippen molar-refractivity contribution in [3.05, 3.63) is 30.1 Å². The van der Waals surface area contributed by atoms with Gasteiger partial charge in [-0.1, -0.05) is 0 Å². The number of carbonyl (C=O) groups excluding carboxylic acids is 1. The second-order valence-electron chi connectivity index (χ2n) is 5.76. The van der Waals surface area contributed by atoms with E-state index in [-0.39, 0.29) is 5.75 Å². The van der Waals surface area contributed by atoms with Crippen LogP contribution in [0.25, 0.3) is 11.4 Å². The van der Waals surface area contributed by atoms with E-state index < -0.39 is 11.9 Å². The third kappa shape index (κ3) is 3.06. The first-order valence-corrected chi connectivity index (χ1v) is 7.33. The molecule has 2 aromatic rings. The molecule has 1 amide bonds. The zero-order valence-electron chi connectivity index (χ0n) is 12.8. The maximum atomic E-state index is 12.2. The lowest BCUT2D eigenvalue weighted by Crippen LogP contribution is -2.38. The molecule has 1 aliphatic heterocycles. The van der Waals surface area contributed by atoms with E-state index in [2.05, 4.69) is 19.9 Å². The van der Waals surface area contributed by atoms with Crippen molar-refractivity contribution < 1.29 is 22.7 Å². The minimum atomic E-state index is -4.73. The standard InChI is InChI=1S/C15H15F3N4O2/c1-14(7-2-8-22(14)9-23)13-19-12(20-21-13)10-3-5-11(6-4-10)24-15(16,17)18/h3-6,9H,2,7-8H2,1H3,(H,19,20,21)/t14-/m0/s1. The number of benzene rings is 1. The van der Waals surface area contributed by atoms with Gasteiger partial charge in [-0.05, 0) is 44.0 Å². The van der Waals surface area contributed by atoms with E-state index in [0.717, 1.165) is 19.3 Å². The zero-order chi connectivity index (χ0) is 17.4. The number of halogens is 3. The SMILES string of the molecule is C[C@@]1(c2nc(-c3ccc(OC(F)(F)F)cc3)n[nH]2)CCCN1C=O. The van der Waals surface area contributed by atoms with Gasteiger partial charge < -0.3 is 9.64 Å². The predicted molar refractivity (Wildman–Crippen MR) is 77.9 cm³/mol. The van der Waals surface area contributed by atoms with Crippen LogP contribution in [0.3, 0.4) is 0 Å². The fourth-order valence-corrected chi connectivity index (χ4v) is 2.84. The molecule has 1 aromatic heterocycles. The summed E-state index contributed by atoms with van der Waals surface area (Å²) in [6.45, 7) is 2.55. The number of hydrogen-bond donors (Lipinski definition) is 1. The van der Waals surface area contributed by atoms with Gasteiger partial charge in [0.05, 0.1) is 5.54 Å². The van der Waals surface area contributed by atoms with Crippen molar-refractivity contribution in [1.29, 1.82) is 0 Å². The molecule has 0 saturated carbocycles. The molecule has 0 unspecified atom stereocenters. The van der Waals surface area contributed by atoms with Crippen LogP contribution in [0.1, 0.15) is 25.6 Å². The molecule has 6 nitrogen and oxygen atoms in total. The van der Waals surface area contributed by atoms with Crippen molar-refractivity contribution in [2.45, 2.75) is 31.7 Å². The van der Waals surface area contributed by atoms with Gasteiger partial charge in [-0.2, -0.15) is 5.10 Å². The minimum Gasteiger partial charge on any atom is -0.406 e. The van der Waals surface area contributed by atoms with Crippen molar-refractivity contribution in [2.24, 2.45) is 0 Å². The molecule has 1 fully saturated rings. The molecule has 1 atom stereocenters. The number of rotatable bonds is 4. The van der Waals surface area contributed by atoms with Crippen LogP contribution < -0.4 is 4.74 Å². The van der Waals surface area contributed by atoms with Gasteiger partial charge in [0.1, 0.15) is 5.75 Å². The molecule has 0 aliphatic carbocycles. The summed E-state index contributed by atoms with van der Waals surface area (Å²) < 4.78 is 40.3. The Morgan fingerprint density at radius 1 is 1.33 bits per heavy atom. The fourth-order valence-electron chi connectivity index (χ4n) is 2.84. The normalized spacial score (nSPS) is 21.1. The number of alkyl halides is 3. The fraction of sp³-hybridized carbons (Fsp3) is 0.400. The van der Waals surface area contributed by atoms with E-state index in [0.29, 0.717) is 23.8 Å². The van der Waals surface area contributed by atoms with Crippen LogP contribution in [0.2, 0.25) is 0 Å². The van der Waals surface area contributed by atoms with Gasteiger partial charge in [-0.3, -0.25) is 9.89 Å². The highest BCUT2D eigenvalue weighted by atomic mass is 19.4.